The predicted molar refractivity (Wildman–Crippen MR) is 170 cm³/mol. The first-order chi connectivity index (χ1) is 19.5. The summed E-state index contributed by atoms with van der Waals surface area (Å²) >= 11 is 0. The van der Waals surface area contributed by atoms with Crippen molar-refractivity contribution in [3.8, 4) is 0 Å². The molecule has 0 aliphatic rings. The van der Waals surface area contributed by atoms with Crippen LogP contribution in [-0.2, 0) is 25.6 Å². The molecule has 1 aromatic carbocycles. The zero-order valence-electron chi connectivity index (χ0n) is 27.1. The number of carbonyl (C=O) groups is 4. The maximum atomic E-state index is 13.2. The lowest BCUT2D eigenvalue weighted by Gasteiger charge is -2.26. The number of amides is 4. The van der Waals surface area contributed by atoms with Crippen LogP contribution in [0.5, 0.6) is 0 Å². The molecule has 0 aromatic heterocycles. The maximum absolute atomic E-state index is 13.2. The van der Waals surface area contributed by atoms with Gasteiger partial charge in [0.25, 0.3) is 0 Å². The van der Waals surface area contributed by atoms with Crippen molar-refractivity contribution in [2.45, 2.75) is 112 Å². The molecule has 1 aromatic rings. The predicted octanol–water partition coefficient (Wildman–Crippen LogP) is 3.25. The van der Waals surface area contributed by atoms with Crippen molar-refractivity contribution < 1.29 is 19.2 Å². The topological polar surface area (TPSA) is 154 Å². The van der Waals surface area contributed by atoms with Gasteiger partial charge in [0, 0.05) is 30.7 Å². The molecule has 0 bridgehead atoms. The van der Waals surface area contributed by atoms with E-state index in [-0.39, 0.29) is 47.4 Å². The Morgan fingerprint density at radius 3 is 2.02 bits per heavy atom. The fourth-order valence-electron chi connectivity index (χ4n) is 4.11. The van der Waals surface area contributed by atoms with Gasteiger partial charge >= 0.3 is 0 Å². The van der Waals surface area contributed by atoms with E-state index in [1.165, 1.54) is 0 Å². The number of nitrogens with one attached hydrogen (secondary N) is 5. The third kappa shape index (κ3) is 16.5. The Bertz CT molecular complexity index is 996. The van der Waals surface area contributed by atoms with E-state index in [1.54, 1.807) is 24.3 Å². The standard InChI is InChI=1S/C32H56N6O4/c1-22(2)28(38-26(39)16-19-35-32(6,7)8)30(42)37-25(11-9-10-18-33)29(41)36-24-14-12-23(13-15-24)21-27(40)34-20-17-31(3,4)5/h12-15,22,25,28,35H,9-11,16-21,33H2,1-8H3,(H,34,40)(H,36,41)(H,37,42)(H,38,39)/t25-,28-/m0/s1. The van der Waals surface area contributed by atoms with E-state index in [0.29, 0.717) is 38.2 Å². The molecule has 0 aliphatic carbocycles. The smallest absolute Gasteiger partial charge is 0.246 e. The van der Waals surface area contributed by atoms with Crippen molar-refractivity contribution in [3.05, 3.63) is 29.8 Å². The second kappa shape index (κ2) is 17.9. The molecule has 7 N–H and O–H groups in total. The number of anilines is 1. The molecule has 0 saturated carbocycles. The SMILES string of the molecule is CC(C)[C@H](NC(=O)CCNC(C)(C)C)C(=O)N[C@@H](CCCCN)C(=O)Nc1ccc(CC(=O)NCCC(C)(C)C)cc1. The Morgan fingerprint density at radius 1 is 0.833 bits per heavy atom. The van der Waals surface area contributed by atoms with Crippen molar-refractivity contribution in [2.24, 2.45) is 17.1 Å². The summed E-state index contributed by atoms with van der Waals surface area (Å²) in [5.74, 6) is -1.20. The molecular formula is C32H56N6O4. The lowest BCUT2D eigenvalue weighted by atomic mass is 9.92. The van der Waals surface area contributed by atoms with Gasteiger partial charge in [0.05, 0.1) is 6.42 Å². The average molecular weight is 589 g/mol. The molecule has 1 rings (SSSR count). The maximum Gasteiger partial charge on any atom is 0.246 e. The summed E-state index contributed by atoms with van der Waals surface area (Å²) in [5, 5.41) is 14.8. The van der Waals surface area contributed by atoms with Crippen LogP contribution in [0.4, 0.5) is 5.69 Å². The summed E-state index contributed by atoms with van der Waals surface area (Å²) < 4.78 is 0. The van der Waals surface area contributed by atoms with Gasteiger partial charge in [-0.15, -0.1) is 0 Å². The molecule has 0 unspecified atom stereocenters. The zero-order valence-corrected chi connectivity index (χ0v) is 27.1. The Balaban J connectivity index is 2.80. The summed E-state index contributed by atoms with van der Waals surface area (Å²) in [6.45, 7) is 17.8. The monoisotopic (exact) mass is 588 g/mol. The van der Waals surface area contributed by atoms with Crippen molar-refractivity contribution in [1.29, 1.82) is 0 Å². The lowest BCUT2D eigenvalue weighted by Crippen LogP contribution is -2.54. The summed E-state index contributed by atoms with van der Waals surface area (Å²) in [4.78, 5) is 51.3. The van der Waals surface area contributed by atoms with Crippen molar-refractivity contribution in [2.75, 3.05) is 25.0 Å². The molecule has 238 valence electrons. The molecular weight excluding hydrogens is 532 g/mol. The van der Waals surface area contributed by atoms with Crippen LogP contribution in [0.1, 0.15) is 93.1 Å². The van der Waals surface area contributed by atoms with Crippen molar-refractivity contribution in [1.82, 2.24) is 21.3 Å². The second-order valence-corrected chi connectivity index (χ2v) is 13.6. The number of unbranched alkanes of at least 4 members (excludes halogenated alkanes) is 1. The quantitative estimate of drug-likeness (QED) is 0.154. The number of carbonyl (C=O) groups excluding carboxylic acids is 4. The fourth-order valence-corrected chi connectivity index (χ4v) is 4.11. The Hall–Kier alpha value is -2.98. The van der Waals surface area contributed by atoms with Gasteiger partial charge in [-0.1, -0.05) is 46.8 Å². The highest BCUT2D eigenvalue weighted by Crippen LogP contribution is 2.17. The van der Waals surface area contributed by atoms with Crippen molar-refractivity contribution >= 4 is 29.3 Å². The van der Waals surface area contributed by atoms with E-state index < -0.39 is 18.0 Å². The van der Waals surface area contributed by atoms with Crippen LogP contribution in [0.3, 0.4) is 0 Å². The van der Waals surface area contributed by atoms with E-state index in [9.17, 15) is 19.2 Å². The Labute approximate surface area is 253 Å². The molecule has 0 radical (unpaired) electrons. The van der Waals surface area contributed by atoms with Crippen LogP contribution in [0, 0.1) is 11.3 Å². The third-order valence-electron chi connectivity index (χ3n) is 6.64. The minimum Gasteiger partial charge on any atom is -0.356 e. The molecule has 10 heteroatoms. The van der Waals surface area contributed by atoms with Crippen LogP contribution in [0.25, 0.3) is 0 Å². The first-order valence-corrected chi connectivity index (χ1v) is 15.2. The third-order valence-corrected chi connectivity index (χ3v) is 6.64. The van der Waals surface area contributed by atoms with Gasteiger partial charge in [0.15, 0.2) is 0 Å². The number of benzene rings is 1. The van der Waals surface area contributed by atoms with Gasteiger partial charge < -0.3 is 32.3 Å². The van der Waals surface area contributed by atoms with E-state index >= 15 is 0 Å². The van der Waals surface area contributed by atoms with E-state index in [1.807, 2.05) is 34.6 Å². The number of hydrogen-bond donors (Lipinski definition) is 6. The summed E-state index contributed by atoms with van der Waals surface area (Å²) in [6.07, 6.45) is 3.18. The van der Waals surface area contributed by atoms with Crippen molar-refractivity contribution in [3.63, 3.8) is 0 Å². The van der Waals surface area contributed by atoms with Gasteiger partial charge in [-0.3, -0.25) is 19.2 Å². The molecule has 0 spiro atoms. The van der Waals surface area contributed by atoms with Gasteiger partial charge in [-0.25, -0.2) is 0 Å². The van der Waals surface area contributed by atoms with E-state index in [0.717, 1.165) is 18.4 Å². The largest absolute Gasteiger partial charge is 0.356 e. The highest BCUT2D eigenvalue weighted by molar-refractivity contribution is 5.98. The van der Waals surface area contributed by atoms with Crippen LogP contribution >= 0.6 is 0 Å². The van der Waals surface area contributed by atoms with E-state index in [4.69, 9.17) is 5.73 Å². The molecule has 0 saturated heterocycles. The van der Waals surface area contributed by atoms with Gasteiger partial charge in [-0.2, -0.15) is 0 Å². The summed E-state index contributed by atoms with van der Waals surface area (Å²) in [6, 6.07) is 5.54. The first-order valence-electron chi connectivity index (χ1n) is 15.2. The van der Waals surface area contributed by atoms with Crippen LogP contribution < -0.4 is 32.3 Å². The minimum absolute atomic E-state index is 0.0454. The lowest BCUT2D eigenvalue weighted by molar-refractivity contribution is -0.132. The van der Waals surface area contributed by atoms with Crippen LogP contribution in [0.2, 0.25) is 0 Å². The molecule has 0 fully saturated rings. The highest BCUT2D eigenvalue weighted by Gasteiger charge is 2.29. The second-order valence-electron chi connectivity index (χ2n) is 13.6. The molecule has 0 heterocycles. The van der Waals surface area contributed by atoms with Crippen LogP contribution in [-0.4, -0.2) is 60.9 Å². The zero-order chi connectivity index (χ0) is 31.9. The number of nitrogens with two attached hydrogens (primary N) is 1. The average Bonchev–Trinajstić information content (AvgIpc) is 2.86. The van der Waals surface area contributed by atoms with Gasteiger partial charge in [0.2, 0.25) is 23.6 Å². The number of hydrogen-bond acceptors (Lipinski definition) is 6. The van der Waals surface area contributed by atoms with Gasteiger partial charge in [-0.05, 0) is 82.0 Å². The Kier molecular flexibility index (Phi) is 15.7. The molecule has 42 heavy (non-hydrogen) atoms. The summed E-state index contributed by atoms with van der Waals surface area (Å²) in [5.41, 5.74) is 7.09. The van der Waals surface area contributed by atoms with E-state index in [2.05, 4.69) is 47.4 Å². The molecule has 10 nitrogen and oxygen atoms in total. The molecule has 4 amide bonds. The van der Waals surface area contributed by atoms with Gasteiger partial charge in [0.1, 0.15) is 12.1 Å². The Morgan fingerprint density at radius 2 is 1.48 bits per heavy atom. The normalized spacial score (nSPS) is 13.3. The summed E-state index contributed by atoms with van der Waals surface area (Å²) in [7, 11) is 0. The first kappa shape index (κ1) is 37.0. The van der Waals surface area contributed by atoms with Crippen LogP contribution in [0.15, 0.2) is 24.3 Å². The highest BCUT2D eigenvalue weighted by atomic mass is 16.2. The molecule has 0 aliphatic heterocycles. The fraction of sp³-hybridized carbons (Fsp3) is 0.688. The minimum atomic E-state index is -0.793. The molecule has 2 atom stereocenters. The number of rotatable bonds is 17.